The van der Waals surface area contributed by atoms with Crippen molar-refractivity contribution in [1.29, 1.82) is 0 Å². The van der Waals surface area contributed by atoms with E-state index in [1.807, 2.05) is 23.0 Å². The summed E-state index contributed by atoms with van der Waals surface area (Å²) in [5.74, 6) is 0.528. The predicted molar refractivity (Wildman–Crippen MR) is 98.8 cm³/mol. The van der Waals surface area contributed by atoms with Crippen molar-refractivity contribution in [3.8, 4) is 0 Å². The fourth-order valence-electron chi connectivity index (χ4n) is 3.46. The SMILES string of the molecule is FC1(CNc2ncc3c(n2)CCCC=C3c2ccn3nccc3c2)CC1. The van der Waals surface area contributed by atoms with Gasteiger partial charge in [-0.3, -0.25) is 0 Å². The maximum atomic E-state index is 13.8. The molecule has 5 nitrogen and oxygen atoms in total. The minimum atomic E-state index is -1.05. The van der Waals surface area contributed by atoms with Crippen molar-refractivity contribution in [2.24, 2.45) is 0 Å². The van der Waals surface area contributed by atoms with Crippen LogP contribution in [0, 0.1) is 0 Å². The van der Waals surface area contributed by atoms with Crippen LogP contribution in [-0.2, 0) is 6.42 Å². The van der Waals surface area contributed by atoms with Crippen molar-refractivity contribution in [2.45, 2.75) is 37.8 Å². The number of fused-ring (bicyclic) bond motifs is 2. The largest absolute Gasteiger partial charge is 0.351 e. The molecular weight excluding hydrogens is 329 g/mol. The zero-order chi connectivity index (χ0) is 17.6. The Morgan fingerprint density at radius 3 is 3.08 bits per heavy atom. The Hall–Kier alpha value is -2.76. The Balaban J connectivity index is 1.48. The number of rotatable bonds is 4. The molecule has 3 aromatic heterocycles. The quantitative estimate of drug-likeness (QED) is 0.778. The highest BCUT2D eigenvalue weighted by Gasteiger charge is 2.43. The van der Waals surface area contributed by atoms with Crippen LogP contribution in [0.2, 0.25) is 0 Å². The number of nitrogens with one attached hydrogen (secondary N) is 1. The molecule has 0 aromatic carbocycles. The number of allylic oxidation sites excluding steroid dienone is 1. The van der Waals surface area contributed by atoms with Crippen LogP contribution >= 0.6 is 0 Å². The van der Waals surface area contributed by atoms with Gasteiger partial charge in [-0.25, -0.2) is 18.9 Å². The molecular formula is C20H20FN5. The van der Waals surface area contributed by atoms with Gasteiger partial charge in [0.15, 0.2) is 0 Å². The van der Waals surface area contributed by atoms with E-state index in [0.717, 1.165) is 47.2 Å². The van der Waals surface area contributed by atoms with Crippen LogP contribution in [0.4, 0.5) is 10.3 Å². The molecule has 0 bridgehead atoms. The lowest BCUT2D eigenvalue weighted by molar-refractivity contribution is 0.326. The monoisotopic (exact) mass is 349 g/mol. The Morgan fingerprint density at radius 2 is 2.19 bits per heavy atom. The molecule has 2 aliphatic carbocycles. The number of aryl methyl sites for hydroxylation is 1. The number of hydrogen-bond acceptors (Lipinski definition) is 4. The molecule has 0 unspecified atom stereocenters. The maximum Gasteiger partial charge on any atom is 0.222 e. The Labute approximate surface area is 151 Å². The highest BCUT2D eigenvalue weighted by atomic mass is 19.1. The summed E-state index contributed by atoms with van der Waals surface area (Å²) < 4.78 is 15.7. The van der Waals surface area contributed by atoms with Gasteiger partial charge < -0.3 is 5.32 Å². The van der Waals surface area contributed by atoms with E-state index in [9.17, 15) is 4.39 Å². The molecule has 3 heterocycles. The smallest absolute Gasteiger partial charge is 0.222 e. The van der Waals surface area contributed by atoms with Crippen LogP contribution in [0.1, 0.15) is 42.5 Å². The van der Waals surface area contributed by atoms with E-state index in [1.165, 1.54) is 0 Å². The molecule has 0 radical (unpaired) electrons. The van der Waals surface area contributed by atoms with Crippen molar-refractivity contribution in [3.05, 3.63) is 59.7 Å². The number of anilines is 1. The summed E-state index contributed by atoms with van der Waals surface area (Å²) in [6, 6.07) is 6.21. The van der Waals surface area contributed by atoms with Crippen LogP contribution in [0.15, 0.2) is 42.9 Å². The van der Waals surface area contributed by atoms with E-state index in [2.05, 4.69) is 38.6 Å². The van der Waals surface area contributed by atoms with Crippen LogP contribution in [0.5, 0.6) is 0 Å². The fraction of sp³-hybridized carbons (Fsp3) is 0.350. The third kappa shape index (κ3) is 2.85. The first-order valence-corrected chi connectivity index (χ1v) is 9.13. The molecule has 1 N–H and O–H groups in total. The van der Waals surface area contributed by atoms with E-state index in [-0.39, 0.29) is 0 Å². The highest BCUT2D eigenvalue weighted by molar-refractivity contribution is 5.82. The fourth-order valence-corrected chi connectivity index (χ4v) is 3.46. The maximum absolute atomic E-state index is 13.8. The summed E-state index contributed by atoms with van der Waals surface area (Å²) in [6.07, 6.45) is 12.1. The van der Waals surface area contributed by atoms with Gasteiger partial charge in [0, 0.05) is 24.2 Å². The molecule has 0 amide bonds. The molecule has 0 atom stereocenters. The van der Waals surface area contributed by atoms with E-state index in [1.54, 1.807) is 6.20 Å². The predicted octanol–water partition coefficient (Wildman–Crippen LogP) is 3.81. The number of hydrogen-bond donors (Lipinski definition) is 1. The van der Waals surface area contributed by atoms with E-state index in [0.29, 0.717) is 25.3 Å². The van der Waals surface area contributed by atoms with Crippen molar-refractivity contribution >= 4 is 17.0 Å². The number of halogens is 1. The number of pyridine rings is 1. The standard InChI is InChI=1S/C20H20FN5/c21-20(7-8-20)13-23-19-22-12-17-16(3-1-2-4-18(17)25-19)14-6-10-26-15(11-14)5-9-24-26/h3,5-6,9-12H,1-2,4,7-8,13H2,(H,22,23,25). The van der Waals surface area contributed by atoms with Crippen molar-refractivity contribution < 1.29 is 4.39 Å². The molecule has 0 saturated heterocycles. The lowest BCUT2D eigenvalue weighted by atomic mass is 9.98. The first-order valence-electron chi connectivity index (χ1n) is 9.13. The molecule has 1 fully saturated rings. The molecule has 0 aliphatic heterocycles. The second-order valence-corrected chi connectivity index (χ2v) is 7.18. The average molecular weight is 349 g/mol. The number of aromatic nitrogens is 4. The molecule has 132 valence electrons. The molecule has 1 saturated carbocycles. The molecule has 26 heavy (non-hydrogen) atoms. The minimum Gasteiger partial charge on any atom is -0.351 e. The van der Waals surface area contributed by atoms with Gasteiger partial charge in [-0.2, -0.15) is 5.10 Å². The van der Waals surface area contributed by atoms with E-state index < -0.39 is 5.67 Å². The van der Waals surface area contributed by atoms with Gasteiger partial charge >= 0.3 is 0 Å². The van der Waals surface area contributed by atoms with E-state index >= 15 is 0 Å². The third-order valence-corrected chi connectivity index (χ3v) is 5.19. The Bertz CT molecular complexity index is 1000. The second-order valence-electron chi connectivity index (χ2n) is 7.18. The van der Waals surface area contributed by atoms with Gasteiger partial charge in [-0.05, 0) is 61.4 Å². The van der Waals surface area contributed by atoms with Gasteiger partial charge in [0.2, 0.25) is 5.95 Å². The Kier molecular flexibility index (Phi) is 3.51. The number of nitrogens with zero attached hydrogens (tertiary/aromatic N) is 4. The lowest BCUT2D eigenvalue weighted by Crippen LogP contribution is -2.18. The molecule has 5 rings (SSSR count). The molecule has 2 aliphatic rings. The Morgan fingerprint density at radius 1 is 1.27 bits per heavy atom. The number of alkyl halides is 1. The van der Waals surface area contributed by atoms with Gasteiger partial charge in [0.05, 0.1) is 17.8 Å². The summed E-state index contributed by atoms with van der Waals surface area (Å²) in [5.41, 5.74) is 4.41. The normalized spacial score (nSPS) is 18.1. The van der Waals surface area contributed by atoms with Gasteiger partial charge in [-0.1, -0.05) is 6.08 Å². The molecule has 3 aromatic rings. The van der Waals surface area contributed by atoms with Crippen molar-refractivity contribution in [2.75, 3.05) is 11.9 Å². The van der Waals surface area contributed by atoms with Crippen LogP contribution in [-0.4, -0.2) is 31.8 Å². The minimum absolute atomic E-state index is 0.298. The van der Waals surface area contributed by atoms with Crippen LogP contribution in [0.3, 0.4) is 0 Å². The van der Waals surface area contributed by atoms with Crippen LogP contribution in [0.25, 0.3) is 11.1 Å². The van der Waals surface area contributed by atoms with Crippen LogP contribution < -0.4 is 5.32 Å². The van der Waals surface area contributed by atoms with Crippen molar-refractivity contribution in [1.82, 2.24) is 19.6 Å². The second kappa shape index (κ2) is 5.90. The summed E-state index contributed by atoms with van der Waals surface area (Å²) in [7, 11) is 0. The van der Waals surface area contributed by atoms with Gasteiger partial charge in [0.25, 0.3) is 0 Å². The summed E-state index contributed by atoms with van der Waals surface area (Å²) >= 11 is 0. The lowest BCUT2D eigenvalue weighted by Gasteiger charge is -2.13. The average Bonchev–Trinajstić information content (AvgIpc) is 3.28. The third-order valence-electron chi connectivity index (χ3n) is 5.19. The van der Waals surface area contributed by atoms with E-state index in [4.69, 9.17) is 0 Å². The zero-order valence-electron chi connectivity index (χ0n) is 14.5. The van der Waals surface area contributed by atoms with Gasteiger partial charge in [-0.15, -0.1) is 0 Å². The summed E-state index contributed by atoms with van der Waals surface area (Å²) in [6.45, 7) is 0.298. The first kappa shape index (κ1) is 15.5. The zero-order valence-corrected chi connectivity index (χ0v) is 14.5. The highest BCUT2D eigenvalue weighted by Crippen LogP contribution is 2.39. The topological polar surface area (TPSA) is 55.1 Å². The summed E-state index contributed by atoms with van der Waals surface area (Å²) in [4.78, 5) is 9.13. The first-order chi connectivity index (χ1) is 12.7. The molecule has 6 heteroatoms. The molecule has 0 spiro atoms. The van der Waals surface area contributed by atoms with Gasteiger partial charge in [0.1, 0.15) is 5.67 Å². The summed E-state index contributed by atoms with van der Waals surface area (Å²) in [5, 5.41) is 7.32. The van der Waals surface area contributed by atoms with Crippen molar-refractivity contribution in [3.63, 3.8) is 0 Å².